The first-order valence-electron chi connectivity index (χ1n) is 10.4. The largest absolute Gasteiger partial charge is 0.371 e. The Morgan fingerprint density at radius 2 is 1.84 bits per heavy atom. The van der Waals surface area contributed by atoms with Gasteiger partial charge in [-0.05, 0) is 44.9 Å². The van der Waals surface area contributed by atoms with Crippen molar-refractivity contribution in [3.05, 3.63) is 81.2 Å². The molecule has 0 aliphatic carbocycles. The fourth-order valence-electron chi connectivity index (χ4n) is 4.07. The van der Waals surface area contributed by atoms with Gasteiger partial charge < -0.3 is 10.2 Å². The van der Waals surface area contributed by atoms with Gasteiger partial charge in [0, 0.05) is 43.0 Å². The zero-order valence-electron chi connectivity index (χ0n) is 17.7. The summed E-state index contributed by atoms with van der Waals surface area (Å²) in [5.41, 5.74) is 4.66. The normalized spacial score (nSPS) is 13.4. The molecule has 4 rings (SSSR count). The van der Waals surface area contributed by atoms with Gasteiger partial charge in [-0.25, -0.2) is 4.68 Å². The smallest absolute Gasteiger partial charge is 0.270 e. The minimum absolute atomic E-state index is 0.0858. The van der Waals surface area contributed by atoms with Crippen LogP contribution in [0.25, 0.3) is 5.69 Å². The van der Waals surface area contributed by atoms with Gasteiger partial charge >= 0.3 is 0 Å². The van der Waals surface area contributed by atoms with E-state index in [2.05, 4.69) is 15.3 Å². The number of aryl methyl sites for hydroxylation is 1. The molecule has 0 spiro atoms. The minimum atomic E-state index is -0.470. The topological polar surface area (TPSA) is 93.3 Å². The van der Waals surface area contributed by atoms with Gasteiger partial charge in [-0.3, -0.25) is 14.9 Å². The van der Waals surface area contributed by atoms with E-state index in [0.29, 0.717) is 12.1 Å². The maximum Gasteiger partial charge on any atom is 0.270 e. The second kappa shape index (κ2) is 8.59. The number of hydrogen-bond donors (Lipinski definition) is 1. The highest BCUT2D eigenvalue weighted by molar-refractivity contribution is 6.00. The average molecular weight is 419 g/mol. The summed E-state index contributed by atoms with van der Waals surface area (Å²) < 4.78 is 1.86. The number of non-ortho nitro benzene ring substituents is 1. The summed E-state index contributed by atoms with van der Waals surface area (Å²) in [6.45, 7) is 5.88. The van der Waals surface area contributed by atoms with Crippen molar-refractivity contribution in [2.75, 3.05) is 18.0 Å². The van der Waals surface area contributed by atoms with Gasteiger partial charge in [0.05, 0.1) is 27.6 Å². The molecule has 160 valence electrons. The third-order valence-electron chi connectivity index (χ3n) is 5.75. The molecule has 0 unspecified atom stereocenters. The molecule has 1 aromatic heterocycles. The molecule has 1 aliphatic rings. The van der Waals surface area contributed by atoms with Crippen LogP contribution in [-0.2, 0) is 6.54 Å². The van der Waals surface area contributed by atoms with Crippen LogP contribution in [0.4, 0.5) is 11.4 Å². The molecule has 31 heavy (non-hydrogen) atoms. The maximum atomic E-state index is 13.1. The number of carbonyl (C=O) groups excluding carboxylic acids is 1. The first-order valence-corrected chi connectivity index (χ1v) is 10.4. The molecule has 1 saturated heterocycles. The lowest BCUT2D eigenvalue weighted by Crippen LogP contribution is -2.27. The number of benzene rings is 2. The van der Waals surface area contributed by atoms with E-state index in [9.17, 15) is 14.9 Å². The van der Waals surface area contributed by atoms with Crippen LogP contribution in [0.5, 0.6) is 0 Å². The van der Waals surface area contributed by atoms with E-state index in [4.69, 9.17) is 0 Å². The molecule has 8 heteroatoms. The molecule has 0 atom stereocenters. The molecular formula is C23H25N5O3. The van der Waals surface area contributed by atoms with Gasteiger partial charge in [-0.2, -0.15) is 5.10 Å². The van der Waals surface area contributed by atoms with Crippen molar-refractivity contribution < 1.29 is 9.72 Å². The van der Waals surface area contributed by atoms with Crippen molar-refractivity contribution in [2.24, 2.45) is 0 Å². The highest BCUT2D eigenvalue weighted by Gasteiger charge is 2.23. The van der Waals surface area contributed by atoms with Crippen molar-refractivity contribution in [3.63, 3.8) is 0 Å². The Hall–Kier alpha value is -3.68. The van der Waals surface area contributed by atoms with Crippen molar-refractivity contribution in [1.29, 1.82) is 0 Å². The summed E-state index contributed by atoms with van der Waals surface area (Å²) >= 11 is 0. The zero-order chi connectivity index (χ0) is 22.0. The Morgan fingerprint density at radius 1 is 1.13 bits per heavy atom. The van der Waals surface area contributed by atoms with Crippen LogP contribution in [0.1, 0.15) is 40.2 Å². The molecule has 1 N–H and O–H groups in total. The standard InChI is InChI=1S/C23H25N5O3/c1-16-21(17(2)27(25-16)18-8-4-3-5-9-18)15-24-23(29)20-14-19(28(30)31)10-11-22(20)26-12-6-7-13-26/h3-5,8-11,14H,6-7,12-13,15H2,1-2H3,(H,24,29). The molecule has 1 fully saturated rings. The highest BCUT2D eigenvalue weighted by Crippen LogP contribution is 2.28. The van der Waals surface area contributed by atoms with E-state index in [1.807, 2.05) is 48.9 Å². The Labute approximate surface area is 180 Å². The lowest BCUT2D eigenvalue weighted by molar-refractivity contribution is -0.384. The highest BCUT2D eigenvalue weighted by atomic mass is 16.6. The number of para-hydroxylation sites is 1. The summed E-state index contributed by atoms with van der Waals surface area (Å²) in [5.74, 6) is -0.322. The first kappa shape index (κ1) is 20.6. The van der Waals surface area contributed by atoms with Gasteiger partial charge in [0.25, 0.3) is 11.6 Å². The second-order valence-corrected chi connectivity index (χ2v) is 7.73. The number of carbonyl (C=O) groups is 1. The number of nitrogens with one attached hydrogen (secondary N) is 1. The molecule has 0 bridgehead atoms. The number of aromatic nitrogens is 2. The third-order valence-corrected chi connectivity index (χ3v) is 5.75. The lowest BCUT2D eigenvalue weighted by Gasteiger charge is -2.21. The fraction of sp³-hybridized carbons (Fsp3) is 0.304. The third kappa shape index (κ3) is 4.14. The van der Waals surface area contributed by atoms with Crippen LogP contribution in [0.2, 0.25) is 0 Å². The Bertz CT molecular complexity index is 1120. The summed E-state index contributed by atoms with van der Waals surface area (Å²) in [6.07, 6.45) is 2.10. The first-order chi connectivity index (χ1) is 15.0. The lowest BCUT2D eigenvalue weighted by atomic mass is 10.1. The second-order valence-electron chi connectivity index (χ2n) is 7.73. The Kier molecular flexibility index (Phi) is 5.70. The summed E-state index contributed by atoms with van der Waals surface area (Å²) in [7, 11) is 0. The van der Waals surface area contributed by atoms with Gasteiger partial charge in [0.15, 0.2) is 0 Å². The SMILES string of the molecule is Cc1nn(-c2ccccc2)c(C)c1CNC(=O)c1cc([N+](=O)[O-])ccc1N1CCCC1. The van der Waals surface area contributed by atoms with Gasteiger partial charge in [-0.15, -0.1) is 0 Å². The van der Waals surface area contributed by atoms with Crippen LogP contribution in [0.3, 0.4) is 0 Å². The molecule has 1 aliphatic heterocycles. The number of anilines is 1. The van der Waals surface area contributed by atoms with Crippen LogP contribution < -0.4 is 10.2 Å². The number of hydrogen-bond acceptors (Lipinski definition) is 5. The van der Waals surface area contributed by atoms with Crippen molar-refractivity contribution in [3.8, 4) is 5.69 Å². The number of nitro benzene ring substituents is 1. The van der Waals surface area contributed by atoms with E-state index in [-0.39, 0.29) is 11.6 Å². The Balaban J connectivity index is 1.59. The average Bonchev–Trinajstić information content (AvgIpc) is 3.41. The molecule has 1 amide bonds. The van der Waals surface area contributed by atoms with E-state index in [1.54, 1.807) is 6.07 Å². The van der Waals surface area contributed by atoms with E-state index in [1.165, 1.54) is 12.1 Å². The summed E-state index contributed by atoms with van der Waals surface area (Å²) in [6, 6.07) is 14.3. The van der Waals surface area contributed by atoms with Crippen molar-refractivity contribution in [1.82, 2.24) is 15.1 Å². The molecule has 3 aromatic rings. The molecule has 2 aromatic carbocycles. The molecular weight excluding hydrogens is 394 g/mol. The number of nitro groups is 1. The number of rotatable bonds is 6. The van der Waals surface area contributed by atoms with Crippen LogP contribution in [-0.4, -0.2) is 33.7 Å². The van der Waals surface area contributed by atoms with Gasteiger partial charge in [-0.1, -0.05) is 18.2 Å². The van der Waals surface area contributed by atoms with Gasteiger partial charge in [0.1, 0.15) is 0 Å². The maximum absolute atomic E-state index is 13.1. The quantitative estimate of drug-likeness (QED) is 0.483. The molecule has 0 radical (unpaired) electrons. The van der Waals surface area contributed by atoms with E-state index in [0.717, 1.165) is 54.3 Å². The van der Waals surface area contributed by atoms with Crippen LogP contribution in [0.15, 0.2) is 48.5 Å². The van der Waals surface area contributed by atoms with E-state index >= 15 is 0 Å². The predicted molar refractivity (Wildman–Crippen MR) is 119 cm³/mol. The van der Waals surface area contributed by atoms with Crippen molar-refractivity contribution in [2.45, 2.75) is 33.2 Å². The van der Waals surface area contributed by atoms with Crippen molar-refractivity contribution >= 4 is 17.3 Å². The zero-order valence-corrected chi connectivity index (χ0v) is 17.7. The molecule has 8 nitrogen and oxygen atoms in total. The predicted octanol–water partition coefficient (Wildman–Crippen LogP) is 3.93. The monoisotopic (exact) mass is 419 g/mol. The number of amides is 1. The van der Waals surface area contributed by atoms with Crippen LogP contribution >= 0.6 is 0 Å². The molecule has 2 heterocycles. The Morgan fingerprint density at radius 3 is 2.52 bits per heavy atom. The van der Waals surface area contributed by atoms with Gasteiger partial charge in [0.2, 0.25) is 0 Å². The van der Waals surface area contributed by atoms with E-state index < -0.39 is 4.92 Å². The number of nitrogens with zero attached hydrogens (tertiary/aromatic N) is 4. The minimum Gasteiger partial charge on any atom is -0.371 e. The fourth-order valence-corrected chi connectivity index (χ4v) is 4.07. The van der Waals surface area contributed by atoms with Crippen LogP contribution in [0, 0.1) is 24.0 Å². The summed E-state index contributed by atoms with van der Waals surface area (Å²) in [4.78, 5) is 26.0. The summed E-state index contributed by atoms with van der Waals surface area (Å²) in [5, 5.41) is 18.8. The molecule has 0 saturated carbocycles.